The number of hydrogen-bond acceptors (Lipinski definition) is 3. The quantitative estimate of drug-likeness (QED) is 0.280. The number of aryl methyl sites for hydroxylation is 2. The molecule has 170 valence electrons. The van der Waals surface area contributed by atoms with Crippen molar-refractivity contribution in [2.24, 2.45) is 0 Å². The average molecular weight is 449 g/mol. The summed E-state index contributed by atoms with van der Waals surface area (Å²) in [6, 6.07) is 26.7. The lowest BCUT2D eigenvalue weighted by Gasteiger charge is -2.21. The molecule has 0 saturated carbocycles. The van der Waals surface area contributed by atoms with Crippen LogP contribution < -0.4 is 10.4 Å². The van der Waals surface area contributed by atoms with Crippen molar-refractivity contribution in [2.75, 3.05) is 6.61 Å². The highest BCUT2D eigenvalue weighted by Gasteiger charge is 2.26. The number of fused-ring (bicyclic) bond motifs is 1. The largest absolute Gasteiger partial charge is 0.494 e. The van der Waals surface area contributed by atoms with Gasteiger partial charge in [0, 0.05) is 17.4 Å². The second-order valence-electron chi connectivity index (χ2n) is 8.75. The fourth-order valence-electron chi connectivity index (χ4n) is 4.85. The fourth-order valence-corrected chi connectivity index (χ4v) is 4.85. The fraction of sp³-hybridized carbons (Fsp3) is 0.194. The van der Waals surface area contributed by atoms with E-state index in [4.69, 9.17) is 9.15 Å². The summed E-state index contributed by atoms with van der Waals surface area (Å²) in [6.07, 6.45) is 6.13. The van der Waals surface area contributed by atoms with Crippen LogP contribution in [0.3, 0.4) is 0 Å². The Balaban J connectivity index is 1.46. The van der Waals surface area contributed by atoms with Crippen LogP contribution in [0.1, 0.15) is 41.5 Å². The van der Waals surface area contributed by atoms with Crippen LogP contribution in [-0.2, 0) is 6.42 Å². The molecule has 0 amide bonds. The third-order valence-corrected chi connectivity index (χ3v) is 6.46. The molecule has 4 aromatic rings. The van der Waals surface area contributed by atoms with Crippen molar-refractivity contribution in [2.45, 2.75) is 32.6 Å². The predicted molar refractivity (Wildman–Crippen MR) is 138 cm³/mol. The van der Waals surface area contributed by atoms with Crippen LogP contribution in [0, 0.1) is 6.92 Å². The van der Waals surface area contributed by atoms with Crippen LogP contribution in [0.15, 0.2) is 106 Å². The molecule has 0 spiro atoms. The Hall–Kier alpha value is -3.85. The van der Waals surface area contributed by atoms with E-state index in [-0.39, 0.29) is 11.5 Å². The maximum absolute atomic E-state index is 12.2. The van der Waals surface area contributed by atoms with Crippen molar-refractivity contribution < 1.29 is 9.15 Å². The summed E-state index contributed by atoms with van der Waals surface area (Å²) in [5, 5.41) is 1.01. The lowest BCUT2D eigenvalue weighted by Crippen LogP contribution is -2.06. The Kier molecular flexibility index (Phi) is 6.18. The van der Waals surface area contributed by atoms with E-state index < -0.39 is 0 Å². The van der Waals surface area contributed by atoms with E-state index in [0.29, 0.717) is 12.2 Å². The van der Waals surface area contributed by atoms with Crippen LogP contribution >= 0.6 is 0 Å². The summed E-state index contributed by atoms with van der Waals surface area (Å²) < 4.78 is 11.1. The summed E-state index contributed by atoms with van der Waals surface area (Å²) in [5.74, 6) is 1.06. The molecule has 0 aliphatic heterocycles. The molecule has 1 aromatic heterocycles. The Morgan fingerprint density at radius 2 is 1.68 bits per heavy atom. The molecule has 34 heavy (non-hydrogen) atoms. The Morgan fingerprint density at radius 1 is 0.882 bits per heavy atom. The molecule has 3 aromatic carbocycles. The lowest BCUT2D eigenvalue weighted by molar-refractivity contribution is 0.340. The summed E-state index contributed by atoms with van der Waals surface area (Å²) in [4.78, 5) is 12.2. The van der Waals surface area contributed by atoms with Crippen LogP contribution in [0.2, 0.25) is 0 Å². The van der Waals surface area contributed by atoms with Gasteiger partial charge in [0.05, 0.1) is 6.61 Å². The van der Waals surface area contributed by atoms with Gasteiger partial charge in [-0.3, -0.25) is 0 Å². The molecule has 1 atom stereocenters. The summed E-state index contributed by atoms with van der Waals surface area (Å²) in [5.41, 5.74) is 7.60. The van der Waals surface area contributed by atoms with Crippen molar-refractivity contribution in [3.8, 4) is 5.75 Å². The minimum Gasteiger partial charge on any atom is -0.494 e. The topological polar surface area (TPSA) is 39.4 Å². The van der Waals surface area contributed by atoms with E-state index in [1.165, 1.54) is 22.3 Å². The summed E-state index contributed by atoms with van der Waals surface area (Å²) in [6.45, 7) is 4.66. The van der Waals surface area contributed by atoms with Gasteiger partial charge in [-0.25, -0.2) is 4.79 Å². The Labute approximate surface area is 200 Å². The van der Waals surface area contributed by atoms with Gasteiger partial charge >= 0.3 is 5.63 Å². The van der Waals surface area contributed by atoms with Gasteiger partial charge in [-0.15, -0.1) is 0 Å². The van der Waals surface area contributed by atoms with Crippen molar-refractivity contribution in [1.82, 2.24) is 0 Å². The average Bonchev–Trinajstić information content (AvgIpc) is 3.27. The van der Waals surface area contributed by atoms with Gasteiger partial charge in [0.2, 0.25) is 0 Å². The third kappa shape index (κ3) is 4.47. The highest BCUT2D eigenvalue weighted by molar-refractivity contribution is 5.81. The van der Waals surface area contributed by atoms with E-state index in [0.717, 1.165) is 35.1 Å². The van der Waals surface area contributed by atoms with E-state index in [1.807, 2.05) is 26.0 Å². The molecular weight excluding hydrogens is 420 g/mol. The van der Waals surface area contributed by atoms with Crippen molar-refractivity contribution in [3.63, 3.8) is 0 Å². The smallest absolute Gasteiger partial charge is 0.336 e. The van der Waals surface area contributed by atoms with Gasteiger partial charge in [-0.2, -0.15) is 0 Å². The summed E-state index contributed by atoms with van der Waals surface area (Å²) in [7, 11) is 0. The number of allylic oxidation sites excluding steroid dienone is 4. The second kappa shape index (κ2) is 9.56. The van der Waals surface area contributed by atoms with Crippen LogP contribution in [0.5, 0.6) is 5.75 Å². The van der Waals surface area contributed by atoms with E-state index in [1.54, 1.807) is 6.07 Å². The van der Waals surface area contributed by atoms with Crippen LogP contribution in [0.25, 0.3) is 16.5 Å². The monoisotopic (exact) mass is 448 g/mol. The first-order chi connectivity index (χ1) is 16.6. The number of rotatable bonds is 7. The molecule has 1 heterocycles. The zero-order valence-electron chi connectivity index (χ0n) is 19.6. The summed E-state index contributed by atoms with van der Waals surface area (Å²) >= 11 is 0. The molecule has 1 aliphatic carbocycles. The van der Waals surface area contributed by atoms with Gasteiger partial charge in [0.15, 0.2) is 0 Å². The normalized spacial score (nSPS) is 15.3. The molecule has 1 aliphatic rings. The maximum Gasteiger partial charge on any atom is 0.336 e. The number of hydrogen-bond donors (Lipinski definition) is 0. The highest BCUT2D eigenvalue weighted by Crippen LogP contribution is 2.44. The number of benzene rings is 3. The van der Waals surface area contributed by atoms with Crippen molar-refractivity contribution >= 4 is 16.5 Å². The van der Waals surface area contributed by atoms with Gasteiger partial charge in [-0.05, 0) is 72.7 Å². The zero-order chi connectivity index (χ0) is 23.5. The zero-order valence-corrected chi connectivity index (χ0v) is 19.6. The molecule has 0 radical (unpaired) electrons. The van der Waals surface area contributed by atoms with Gasteiger partial charge in [-0.1, -0.05) is 72.3 Å². The molecule has 0 fully saturated rings. The second-order valence-corrected chi connectivity index (χ2v) is 8.75. The van der Waals surface area contributed by atoms with E-state index in [9.17, 15) is 4.79 Å². The molecular formula is C31H28O3. The van der Waals surface area contributed by atoms with E-state index >= 15 is 0 Å². The molecule has 3 nitrogen and oxygen atoms in total. The van der Waals surface area contributed by atoms with Gasteiger partial charge < -0.3 is 9.15 Å². The van der Waals surface area contributed by atoms with Gasteiger partial charge in [0.25, 0.3) is 0 Å². The number of ether oxygens (including phenoxy) is 1. The Bertz CT molecular complexity index is 1420. The van der Waals surface area contributed by atoms with E-state index in [2.05, 4.69) is 72.8 Å². The van der Waals surface area contributed by atoms with Crippen molar-refractivity contribution in [1.29, 1.82) is 0 Å². The molecule has 3 heteroatoms. The molecule has 5 rings (SSSR count). The predicted octanol–water partition coefficient (Wildman–Crippen LogP) is 7.24. The first-order valence-corrected chi connectivity index (χ1v) is 11.8. The maximum atomic E-state index is 12.2. The standard InChI is InChI=1S/C31H28O3/c1-3-33-26-15-12-24(13-16-26)31-23(14-18-28(31)22-7-5-4-6-8-22)10-11-25-20-30(32)34-29-19-21(2)9-17-27(25)29/h4-9,12-20,31H,3,10-11H2,1-2H3. The van der Waals surface area contributed by atoms with Gasteiger partial charge in [0.1, 0.15) is 11.3 Å². The van der Waals surface area contributed by atoms with Crippen LogP contribution in [-0.4, -0.2) is 6.61 Å². The third-order valence-electron chi connectivity index (χ3n) is 6.46. The first kappa shape index (κ1) is 22.0. The Morgan fingerprint density at radius 3 is 2.44 bits per heavy atom. The minimum absolute atomic E-state index is 0.173. The first-order valence-electron chi connectivity index (χ1n) is 11.8. The lowest BCUT2D eigenvalue weighted by atomic mass is 9.82. The van der Waals surface area contributed by atoms with Crippen LogP contribution in [0.4, 0.5) is 0 Å². The molecule has 0 bridgehead atoms. The molecule has 0 N–H and O–H groups in total. The SMILES string of the molecule is CCOc1ccc(C2C(CCc3cc(=O)oc4cc(C)ccc34)=CC=C2c2ccccc2)cc1. The molecule has 0 saturated heterocycles. The highest BCUT2D eigenvalue weighted by atomic mass is 16.5. The van der Waals surface area contributed by atoms with Crippen molar-refractivity contribution in [3.05, 3.63) is 129 Å². The molecule has 1 unspecified atom stereocenters. The minimum atomic E-state index is -0.292.